The first-order valence-electron chi connectivity index (χ1n) is 6.84. The monoisotopic (exact) mass is 340 g/mol. The third-order valence-electron chi connectivity index (χ3n) is 3.44. The number of rotatable bonds is 5. The molecule has 8 nitrogen and oxygen atoms in total. The fraction of sp³-hybridized carbons (Fsp3) is 0.385. The van der Waals surface area contributed by atoms with Crippen LogP contribution in [0.3, 0.4) is 0 Å². The standard InChI is InChI=1S/C13H13FN4O4S/c14-23(20,21)8-9-4-12(19)18(6-9)7-11-16-13(17-22-11)10-2-1-3-15-5-10/h1-3,5,9H,4,6-8H2. The Labute approximate surface area is 131 Å². The van der Waals surface area contributed by atoms with Crippen molar-refractivity contribution < 1.29 is 21.6 Å². The van der Waals surface area contributed by atoms with Crippen molar-refractivity contribution in [3.8, 4) is 11.4 Å². The summed E-state index contributed by atoms with van der Waals surface area (Å²) in [6, 6.07) is 3.50. The van der Waals surface area contributed by atoms with Gasteiger partial charge in [0.1, 0.15) is 0 Å². The van der Waals surface area contributed by atoms with Crippen molar-refractivity contribution in [3.05, 3.63) is 30.4 Å². The molecule has 1 aliphatic rings. The molecule has 0 spiro atoms. The van der Waals surface area contributed by atoms with Gasteiger partial charge in [-0.2, -0.15) is 13.4 Å². The fourth-order valence-corrected chi connectivity index (χ4v) is 3.28. The Morgan fingerprint density at radius 1 is 1.43 bits per heavy atom. The van der Waals surface area contributed by atoms with E-state index in [1.165, 1.54) is 4.90 Å². The molecule has 3 rings (SSSR count). The lowest BCUT2D eigenvalue weighted by molar-refractivity contribution is -0.128. The average molecular weight is 340 g/mol. The van der Waals surface area contributed by atoms with Gasteiger partial charge < -0.3 is 9.42 Å². The number of hydrogen-bond acceptors (Lipinski definition) is 7. The van der Waals surface area contributed by atoms with Crippen LogP contribution in [0.15, 0.2) is 29.0 Å². The van der Waals surface area contributed by atoms with E-state index in [-0.39, 0.29) is 31.3 Å². The molecule has 1 unspecified atom stereocenters. The van der Waals surface area contributed by atoms with Gasteiger partial charge in [0.25, 0.3) is 0 Å². The largest absolute Gasteiger partial charge is 0.337 e. The molecule has 1 amide bonds. The fourth-order valence-electron chi connectivity index (χ4n) is 2.49. The van der Waals surface area contributed by atoms with Crippen molar-refractivity contribution in [2.75, 3.05) is 12.3 Å². The number of carbonyl (C=O) groups is 1. The molecular weight excluding hydrogens is 327 g/mol. The molecule has 10 heteroatoms. The molecule has 1 fully saturated rings. The number of pyridine rings is 1. The van der Waals surface area contributed by atoms with Crippen molar-refractivity contribution >= 4 is 16.1 Å². The number of amides is 1. The first-order valence-corrected chi connectivity index (χ1v) is 8.39. The van der Waals surface area contributed by atoms with Gasteiger partial charge in [0.15, 0.2) is 0 Å². The summed E-state index contributed by atoms with van der Waals surface area (Å²) in [5.74, 6) is -0.901. The first-order chi connectivity index (χ1) is 10.9. The molecule has 23 heavy (non-hydrogen) atoms. The van der Waals surface area contributed by atoms with E-state index in [1.54, 1.807) is 24.5 Å². The number of halogens is 1. The van der Waals surface area contributed by atoms with Gasteiger partial charge in [-0.25, -0.2) is 0 Å². The summed E-state index contributed by atoms with van der Waals surface area (Å²) in [5, 5.41) is 3.81. The molecular formula is C13H13FN4O4S. The SMILES string of the molecule is O=C1CC(CS(=O)(=O)F)CN1Cc1nc(-c2cccnc2)no1. The van der Waals surface area contributed by atoms with Gasteiger partial charge in [-0.3, -0.25) is 9.78 Å². The molecule has 0 radical (unpaired) electrons. The van der Waals surface area contributed by atoms with Crippen LogP contribution in [0.25, 0.3) is 11.4 Å². The minimum atomic E-state index is -4.60. The molecule has 122 valence electrons. The van der Waals surface area contributed by atoms with Crippen LogP contribution in [0.2, 0.25) is 0 Å². The molecule has 1 atom stereocenters. The van der Waals surface area contributed by atoms with Gasteiger partial charge in [-0.1, -0.05) is 5.16 Å². The van der Waals surface area contributed by atoms with Crippen molar-refractivity contribution in [3.63, 3.8) is 0 Å². The van der Waals surface area contributed by atoms with Crippen molar-refractivity contribution in [2.24, 2.45) is 5.92 Å². The molecule has 1 saturated heterocycles. The van der Waals surface area contributed by atoms with Crippen LogP contribution < -0.4 is 0 Å². The van der Waals surface area contributed by atoms with Gasteiger partial charge in [0.05, 0.1) is 12.3 Å². The lowest BCUT2D eigenvalue weighted by atomic mass is 10.1. The Kier molecular flexibility index (Phi) is 4.07. The lowest BCUT2D eigenvalue weighted by Crippen LogP contribution is -2.25. The second-order valence-electron chi connectivity index (χ2n) is 5.30. The summed E-state index contributed by atoms with van der Waals surface area (Å²) in [6.07, 6.45) is 3.19. The average Bonchev–Trinajstić information content (AvgIpc) is 3.06. The highest BCUT2D eigenvalue weighted by molar-refractivity contribution is 7.86. The maximum atomic E-state index is 12.7. The number of nitrogens with zero attached hydrogens (tertiary/aromatic N) is 4. The Bertz CT molecular complexity index is 808. The number of carbonyl (C=O) groups excluding carboxylic acids is 1. The van der Waals surface area contributed by atoms with Gasteiger partial charge in [-0.05, 0) is 12.1 Å². The third kappa shape index (κ3) is 3.89. The van der Waals surface area contributed by atoms with E-state index in [9.17, 15) is 17.1 Å². The highest BCUT2D eigenvalue weighted by Crippen LogP contribution is 2.22. The number of likely N-dealkylation sites (tertiary alicyclic amines) is 1. The second-order valence-corrected chi connectivity index (χ2v) is 6.71. The van der Waals surface area contributed by atoms with E-state index in [0.717, 1.165) is 0 Å². The van der Waals surface area contributed by atoms with Crippen LogP contribution in [0.4, 0.5) is 3.89 Å². The summed E-state index contributed by atoms with van der Waals surface area (Å²) in [7, 11) is -4.60. The maximum Gasteiger partial charge on any atom is 0.302 e. The topological polar surface area (TPSA) is 106 Å². The summed E-state index contributed by atoms with van der Waals surface area (Å²) < 4.78 is 39.2. The Morgan fingerprint density at radius 3 is 2.96 bits per heavy atom. The zero-order valence-corrected chi connectivity index (χ0v) is 12.7. The van der Waals surface area contributed by atoms with E-state index >= 15 is 0 Å². The summed E-state index contributed by atoms with van der Waals surface area (Å²) in [6.45, 7) is 0.210. The second kappa shape index (κ2) is 6.03. The van der Waals surface area contributed by atoms with E-state index in [1.807, 2.05) is 0 Å². The Balaban J connectivity index is 1.66. The summed E-state index contributed by atoms with van der Waals surface area (Å²) >= 11 is 0. The quantitative estimate of drug-likeness (QED) is 0.740. The number of aromatic nitrogens is 3. The molecule has 0 aliphatic carbocycles. The van der Waals surface area contributed by atoms with Crippen molar-refractivity contribution in [1.82, 2.24) is 20.0 Å². The maximum absolute atomic E-state index is 12.7. The van der Waals surface area contributed by atoms with E-state index in [0.29, 0.717) is 11.4 Å². The molecule has 2 aromatic heterocycles. The van der Waals surface area contributed by atoms with Gasteiger partial charge in [0, 0.05) is 36.8 Å². The molecule has 0 aromatic carbocycles. The van der Waals surface area contributed by atoms with Crippen LogP contribution >= 0.6 is 0 Å². The predicted molar refractivity (Wildman–Crippen MR) is 75.9 cm³/mol. The third-order valence-corrected chi connectivity index (χ3v) is 4.31. The van der Waals surface area contributed by atoms with E-state index in [2.05, 4.69) is 15.1 Å². The molecule has 1 aliphatic heterocycles. The molecule has 0 bridgehead atoms. The van der Waals surface area contributed by atoms with Gasteiger partial charge >= 0.3 is 10.2 Å². The van der Waals surface area contributed by atoms with Crippen LogP contribution in [-0.2, 0) is 21.6 Å². The summed E-state index contributed by atoms with van der Waals surface area (Å²) in [4.78, 5) is 21.4. The molecule has 3 heterocycles. The van der Waals surface area contributed by atoms with Crippen LogP contribution in [-0.4, -0.2) is 46.6 Å². The molecule has 2 aromatic rings. The zero-order valence-electron chi connectivity index (χ0n) is 11.9. The normalized spacial score (nSPS) is 18.6. The van der Waals surface area contributed by atoms with Crippen molar-refractivity contribution in [2.45, 2.75) is 13.0 Å². The van der Waals surface area contributed by atoms with Crippen molar-refractivity contribution in [1.29, 1.82) is 0 Å². The zero-order chi connectivity index (χ0) is 16.4. The van der Waals surface area contributed by atoms with Crippen LogP contribution in [0, 0.1) is 5.92 Å². The Morgan fingerprint density at radius 2 is 2.26 bits per heavy atom. The van der Waals surface area contributed by atoms with Gasteiger partial charge in [-0.15, -0.1) is 3.89 Å². The highest BCUT2D eigenvalue weighted by atomic mass is 32.3. The first kappa shape index (κ1) is 15.5. The van der Waals surface area contributed by atoms with Crippen LogP contribution in [0.1, 0.15) is 12.3 Å². The van der Waals surface area contributed by atoms with Crippen LogP contribution in [0.5, 0.6) is 0 Å². The highest BCUT2D eigenvalue weighted by Gasteiger charge is 2.33. The molecule has 0 N–H and O–H groups in total. The summed E-state index contributed by atoms with van der Waals surface area (Å²) in [5.41, 5.74) is 0.677. The van der Waals surface area contributed by atoms with E-state index < -0.39 is 21.9 Å². The lowest BCUT2D eigenvalue weighted by Gasteiger charge is -2.13. The molecule has 0 saturated carbocycles. The minimum absolute atomic E-state index is 0.00719. The smallest absolute Gasteiger partial charge is 0.302 e. The minimum Gasteiger partial charge on any atom is -0.337 e. The van der Waals surface area contributed by atoms with Gasteiger partial charge in [0.2, 0.25) is 17.6 Å². The predicted octanol–water partition coefficient (Wildman–Crippen LogP) is 0.779. The Hall–Kier alpha value is -2.36. The number of hydrogen-bond donors (Lipinski definition) is 0. The van der Waals surface area contributed by atoms with E-state index in [4.69, 9.17) is 4.52 Å².